The number of aldehydes is 1. The zero-order chi connectivity index (χ0) is 10.7. The van der Waals surface area contributed by atoms with Gasteiger partial charge in [0.2, 0.25) is 5.91 Å². The van der Waals surface area contributed by atoms with E-state index in [1.165, 1.54) is 0 Å². The molecule has 2 rings (SSSR count). The lowest BCUT2D eigenvalue weighted by Crippen LogP contribution is -2.49. The van der Waals surface area contributed by atoms with Crippen LogP contribution in [-0.2, 0) is 14.3 Å². The molecule has 2 atom stereocenters. The first kappa shape index (κ1) is 10.6. The number of rotatable bonds is 2. The van der Waals surface area contributed by atoms with E-state index in [-0.39, 0.29) is 18.0 Å². The Kier molecular flexibility index (Phi) is 3.33. The van der Waals surface area contributed by atoms with Crippen molar-refractivity contribution in [3.8, 4) is 0 Å². The predicted octanol–water partition coefficient (Wildman–Crippen LogP) is -0.835. The summed E-state index contributed by atoms with van der Waals surface area (Å²) in [6, 6.07) is -0.307. The van der Waals surface area contributed by atoms with Crippen molar-refractivity contribution in [3.05, 3.63) is 0 Å². The number of hydrogen-bond donors (Lipinski definition) is 1. The van der Waals surface area contributed by atoms with Crippen LogP contribution in [0.1, 0.15) is 12.8 Å². The first-order chi connectivity index (χ1) is 7.31. The molecule has 5 heteroatoms. The molecule has 0 aromatic rings. The second-order valence-electron chi connectivity index (χ2n) is 3.98. The summed E-state index contributed by atoms with van der Waals surface area (Å²) in [6.45, 7) is 2.58. The maximum Gasteiger partial charge on any atom is 0.239 e. The van der Waals surface area contributed by atoms with Gasteiger partial charge in [0.25, 0.3) is 0 Å². The van der Waals surface area contributed by atoms with E-state index in [0.717, 1.165) is 19.1 Å². The zero-order valence-corrected chi connectivity index (χ0v) is 8.65. The average molecular weight is 212 g/mol. The molecule has 0 aromatic heterocycles. The van der Waals surface area contributed by atoms with Gasteiger partial charge < -0.3 is 14.4 Å². The summed E-state index contributed by atoms with van der Waals surface area (Å²) >= 11 is 0. The Morgan fingerprint density at radius 2 is 2.07 bits per heavy atom. The SMILES string of the molecule is O=CC1CC[C@@H](C(=O)N2CCOCC2)N1. The molecule has 0 aromatic carbocycles. The van der Waals surface area contributed by atoms with Crippen molar-refractivity contribution < 1.29 is 14.3 Å². The van der Waals surface area contributed by atoms with Crippen LogP contribution in [0.2, 0.25) is 0 Å². The smallest absolute Gasteiger partial charge is 0.239 e. The molecule has 15 heavy (non-hydrogen) atoms. The third-order valence-corrected chi connectivity index (χ3v) is 2.97. The number of carbonyl (C=O) groups is 2. The fraction of sp³-hybridized carbons (Fsp3) is 0.800. The summed E-state index contributed by atoms with van der Waals surface area (Å²) in [4.78, 5) is 24.3. The third kappa shape index (κ3) is 2.35. The molecule has 2 aliphatic heterocycles. The van der Waals surface area contributed by atoms with E-state index in [0.29, 0.717) is 26.3 Å². The van der Waals surface area contributed by atoms with E-state index in [2.05, 4.69) is 5.32 Å². The molecule has 2 saturated heterocycles. The summed E-state index contributed by atoms with van der Waals surface area (Å²) in [5.41, 5.74) is 0. The Labute approximate surface area is 88.8 Å². The van der Waals surface area contributed by atoms with Crippen molar-refractivity contribution in [2.24, 2.45) is 0 Å². The first-order valence-electron chi connectivity index (χ1n) is 5.39. The van der Waals surface area contributed by atoms with E-state index in [1.807, 2.05) is 4.90 Å². The summed E-state index contributed by atoms with van der Waals surface area (Å²) < 4.78 is 5.18. The van der Waals surface area contributed by atoms with Crippen LogP contribution in [0.3, 0.4) is 0 Å². The van der Waals surface area contributed by atoms with Gasteiger partial charge in [-0.15, -0.1) is 0 Å². The minimum absolute atomic E-state index is 0.114. The van der Waals surface area contributed by atoms with Gasteiger partial charge in [0, 0.05) is 13.1 Å². The highest BCUT2D eigenvalue weighted by Crippen LogP contribution is 2.14. The van der Waals surface area contributed by atoms with Crippen molar-refractivity contribution >= 4 is 12.2 Å². The molecule has 1 N–H and O–H groups in total. The minimum Gasteiger partial charge on any atom is -0.378 e. The largest absolute Gasteiger partial charge is 0.378 e. The van der Waals surface area contributed by atoms with E-state index in [9.17, 15) is 9.59 Å². The Morgan fingerprint density at radius 3 is 2.67 bits per heavy atom. The van der Waals surface area contributed by atoms with Gasteiger partial charge in [-0.3, -0.25) is 10.1 Å². The molecule has 0 radical (unpaired) electrons. The number of carbonyl (C=O) groups excluding carboxylic acids is 2. The highest BCUT2D eigenvalue weighted by atomic mass is 16.5. The molecule has 5 nitrogen and oxygen atoms in total. The summed E-state index contributed by atoms with van der Waals surface area (Å²) in [6.07, 6.45) is 2.41. The number of nitrogens with one attached hydrogen (secondary N) is 1. The number of ether oxygens (including phenoxy) is 1. The Morgan fingerprint density at radius 1 is 1.33 bits per heavy atom. The van der Waals surface area contributed by atoms with Gasteiger partial charge in [0.15, 0.2) is 0 Å². The molecule has 0 aliphatic carbocycles. The molecule has 84 valence electrons. The van der Waals surface area contributed by atoms with Crippen LogP contribution in [-0.4, -0.2) is 55.5 Å². The Bertz CT molecular complexity index is 251. The van der Waals surface area contributed by atoms with Crippen LogP contribution < -0.4 is 5.32 Å². The van der Waals surface area contributed by atoms with Crippen LogP contribution in [0, 0.1) is 0 Å². The van der Waals surface area contributed by atoms with E-state index < -0.39 is 0 Å². The van der Waals surface area contributed by atoms with Crippen molar-refractivity contribution in [2.75, 3.05) is 26.3 Å². The molecule has 1 unspecified atom stereocenters. The van der Waals surface area contributed by atoms with Gasteiger partial charge in [-0.1, -0.05) is 0 Å². The summed E-state index contributed by atoms with van der Waals surface area (Å²) in [5.74, 6) is 0.114. The van der Waals surface area contributed by atoms with Crippen molar-refractivity contribution in [2.45, 2.75) is 24.9 Å². The Hall–Kier alpha value is -0.940. The molecule has 0 spiro atoms. The third-order valence-electron chi connectivity index (χ3n) is 2.97. The fourth-order valence-corrected chi connectivity index (χ4v) is 2.08. The number of amides is 1. The molecule has 2 heterocycles. The fourth-order valence-electron chi connectivity index (χ4n) is 2.08. The topological polar surface area (TPSA) is 58.6 Å². The molecule has 2 fully saturated rings. The van der Waals surface area contributed by atoms with Gasteiger partial charge in [0.1, 0.15) is 6.29 Å². The van der Waals surface area contributed by atoms with Gasteiger partial charge in [-0.25, -0.2) is 0 Å². The van der Waals surface area contributed by atoms with Gasteiger partial charge in [-0.05, 0) is 12.8 Å². The van der Waals surface area contributed by atoms with Crippen molar-refractivity contribution in [1.82, 2.24) is 10.2 Å². The number of morpholine rings is 1. The van der Waals surface area contributed by atoms with Crippen LogP contribution in [0.25, 0.3) is 0 Å². The highest BCUT2D eigenvalue weighted by molar-refractivity contribution is 5.83. The first-order valence-corrected chi connectivity index (χ1v) is 5.39. The quantitative estimate of drug-likeness (QED) is 0.607. The molecular formula is C10H16N2O3. The van der Waals surface area contributed by atoms with Crippen LogP contribution in [0.4, 0.5) is 0 Å². The highest BCUT2D eigenvalue weighted by Gasteiger charge is 2.32. The average Bonchev–Trinajstić information content (AvgIpc) is 2.78. The second-order valence-corrected chi connectivity index (χ2v) is 3.98. The number of hydrogen-bond acceptors (Lipinski definition) is 4. The molecule has 2 aliphatic rings. The van der Waals surface area contributed by atoms with E-state index >= 15 is 0 Å². The normalized spacial score (nSPS) is 31.6. The minimum atomic E-state index is -0.168. The lowest BCUT2D eigenvalue weighted by Gasteiger charge is -2.29. The molecular weight excluding hydrogens is 196 g/mol. The van der Waals surface area contributed by atoms with E-state index in [1.54, 1.807) is 0 Å². The van der Waals surface area contributed by atoms with Crippen LogP contribution >= 0.6 is 0 Å². The Balaban J connectivity index is 1.87. The van der Waals surface area contributed by atoms with Crippen LogP contribution in [0.15, 0.2) is 0 Å². The maximum atomic E-state index is 12.0. The maximum absolute atomic E-state index is 12.0. The molecule has 0 bridgehead atoms. The van der Waals surface area contributed by atoms with Crippen molar-refractivity contribution in [1.29, 1.82) is 0 Å². The lowest BCUT2D eigenvalue weighted by molar-refractivity contribution is -0.137. The monoisotopic (exact) mass is 212 g/mol. The van der Waals surface area contributed by atoms with Gasteiger partial charge >= 0.3 is 0 Å². The molecule has 1 amide bonds. The second kappa shape index (κ2) is 4.72. The van der Waals surface area contributed by atoms with Crippen LogP contribution in [0.5, 0.6) is 0 Å². The predicted molar refractivity (Wildman–Crippen MR) is 53.4 cm³/mol. The lowest BCUT2D eigenvalue weighted by atomic mass is 10.2. The van der Waals surface area contributed by atoms with Gasteiger partial charge in [0.05, 0.1) is 25.3 Å². The summed E-state index contributed by atoms with van der Waals surface area (Å²) in [5, 5.41) is 3.04. The van der Waals surface area contributed by atoms with Gasteiger partial charge in [-0.2, -0.15) is 0 Å². The molecule has 0 saturated carbocycles. The standard InChI is InChI=1S/C10H16N2O3/c13-7-8-1-2-9(11-8)10(14)12-3-5-15-6-4-12/h7-9,11H,1-6H2/t8?,9-/m0/s1. The number of nitrogens with zero attached hydrogens (tertiary/aromatic N) is 1. The van der Waals surface area contributed by atoms with Crippen molar-refractivity contribution in [3.63, 3.8) is 0 Å². The zero-order valence-electron chi connectivity index (χ0n) is 8.65. The van der Waals surface area contributed by atoms with E-state index in [4.69, 9.17) is 4.74 Å². The summed E-state index contributed by atoms with van der Waals surface area (Å²) in [7, 11) is 0.